The Kier molecular flexibility index (Phi) is 6.51. The zero-order chi connectivity index (χ0) is 21.8. The average Bonchev–Trinajstić information content (AvgIpc) is 2.82. The van der Waals surface area contributed by atoms with Crippen molar-refractivity contribution in [2.45, 2.75) is 43.9 Å². The molecule has 2 aliphatic rings. The van der Waals surface area contributed by atoms with Crippen LogP contribution in [0.5, 0.6) is 5.75 Å². The molecule has 164 valence electrons. The Morgan fingerprint density at radius 1 is 1.06 bits per heavy atom. The SMILES string of the molecule is COc1ccc(CCC(=O)N2CCC(N3C(=O)C(OC)C3c3ccncc3)CC2)cc1. The summed E-state index contributed by atoms with van der Waals surface area (Å²) in [5.74, 6) is 1.02. The van der Waals surface area contributed by atoms with Crippen LogP contribution in [0.25, 0.3) is 0 Å². The molecule has 2 atom stereocenters. The number of ether oxygens (including phenoxy) is 2. The predicted octanol–water partition coefficient (Wildman–Crippen LogP) is 2.61. The molecule has 0 aliphatic carbocycles. The lowest BCUT2D eigenvalue weighted by molar-refractivity contribution is -0.178. The third kappa shape index (κ3) is 4.42. The van der Waals surface area contributed by atoms with E-state index < -0.39 is 6.10 Å². The first kappa shape index (κ1) is 21.3. The summed E-state index contributed by atoms with van der Waals surface area (Å²) in [7, 11) is 3.22. The summed E-state index contributed by atoms with van der Waals surface area (Å²) in [4.78, 5) is 33.3. The molecule has 0 saturated carbocycles. The number of carbonyl (C=O) groups excluding carboxylic acids is 2. The number of β-lactam (4-membered cyclic amide) rings is 1. The minimum atomic E-state index is -0.438. The summed E-state index contributed by atoms with van der Waals surface area (Å²) >= 11 is 0. The standard InChI is InChI=1S/C24H29N3O4/c1-30-20-6-3-17(4-7-20)5-8-21(28)26-15-11-19(12-16-26)27-22(23(31-2)24(27)29)18-9-13-25-14-10-18/h3-4,6-7,9-10,13-14,19,22-23H,5,8,11-12,15-16H2,1-2H3. The van der Waals surface area contributed by atoms with E-state index in [2.05, 4.69) is 4.98 Å². The van der Waals surface area contributed by atoms with Crippen molar-refractivity contribution in [3.05, 3.63) is 59.9 Å². The minimum absolute atomic E-state index is 0.0357. The van der Waals surface area contributed by atoms with E-state index in [1.165, 1.54) is 0 Å². The maximum Gasteiger partial charge on any atom is 0.255 e. The number of rotatable bonds is 7. The van der Waals surface area contributed by atoms with Gasteiger partial charge in [-0.3, -0.25) is 14.6 Å². The topological polar surface area (TPSA) is 72.0 Å². The molecule has 7 nitrogen and oxygen atoms in total. The normalized spacial score (nSPS) is 21.7. The minimum Gasteiger partial charge on any atom is -0.497 e. The number of benzene rings is 1. The van der Waals surface area contributed by atoms with Gasteiger partial charge in [-0.1, -0.05) is 12.1 Å². The molecule has 1 aromatic heterocycles. The van der Waals surface area contributed by atoms with Gasteiger partial charge in [0.2, 0.25) is 5.91 Å². The number of amides is 2. The van der Waals surface area contributed by atoms with E-state index >= 15 is 0 Å². The lowest BCUT2D eigenvalue weighted by Gasteiger charge is -2.52. The molecule has 2 fully saturated rings. The molecule has 2 amide bonds. The average molecular weight is 424 g/mol. The van der Waals surface area contributed by atoms with Crippen molar-refractivity contribution in [3.63, 3.8) is 0 Å². The molecule has 2 unspecified atom stereocenters. The fourth-order valence-electron chi connectivity index (χ4n) is 4.61. The zero-order valence-electron chi connectivity index (χ0n) is 18.1. The van der Waals surface area contributed by atoms with Crippen molar-refractivity contribution in [1.82, 2.24) is 14.8 Å². The van der Waals surface area contributed by atoms with Crippen molar-refractivity contribution < 1.29 is 19.1 Å². The predicted molar refractivity (Wildman–Crippen MR) is 116 cm³/mol. The van der Waals surface area contributed by atoms with Gasteiger partial charge in [-0.2, -0.15) is 0 Å². The Hall–Kier alpha value is -2.93. The van der Waals surface area contributed by atoms with E-state index in [9.17, 15) is 9.59 Å². The van der Waals surface area contributed by atoms with Gasteiger partial charge in [0, 0.05) is 45.1 Å². The van der Waals surface area contributed by atoms with Crippen LogP contribution in [0.2, 0.25) is 0 Å². The number of methoxy groups -OCH3 is 2. The number of nitrogens with zero attached hydrogens (tertiary/aromatic N) is 3. The molecule has 0 N–H and O–H groups in total. The molecular weight excluding hydrogens is 394 g/mol. The number of hydrogen-bond donors (Lipinski definition) is 0. The first-order valence-electron chi connectivity index (χ1n) is 10.8. The van der Waals surface area contributed by atoms with Gasteiger partial charge in [0.25, 0.3) is 5.91 Å². The quantitative estimate of drug-likeness (QED) is 0.640. The van der Waals surface area contributed by atoms with E-state index in [1.54, 1.807) is 26.6 Å². The second kappa shape index (κ2) is 9.47. The van der Waals surface area contributed by atoms with Crippen LogP contribution in [-0.2, 0) is 20.7 Å². The largest absolute Gasteiger partial charge is 0.497 e. The third-order valence-electron chi connectivity index (χ3n) is 6.38. The first-order chi connectivity index (χ1) is 15.1. The van der Waals surface area contributed by atoms with E-state index in [1.807, 2.05) is 46.2 Å². The van der Waals surface area contributed by atoms with E-state index in [0.717, 1.165) is 29.7 Å². The van der Waals surface area contributed by atoms with Crippen LogP contribution in [0, 0.1) is 0 Å². The van der Waals surface area contributed by atoms with Crippen LogP contribution < -0.4 is 4.74 Å². The van der Waals surface area contributed by atoms with E-state index in [4.69, 9.17) is 9.47 Å². The van der Waals surface area contributed by atoms with Crippen LogP contribution in [0.1, 0.15) is 36.4 Å². The number of piperidine rings is 1. The number of aryl methyl sites for hydroxylation is 1. The molecule has 0 radical (unpaired) electrons. The highest BCUT2D eigenvalue weighted by atomic mass is 16.5. The fraction of sp³-hybridized carbons (Fsp3) is 0.458. The summed E-state index contributed by atoms with van der Waals surface area (Å²) in [5, 5.41) is 0. The lowest BCUT2D eigenvalue weighted by Crippen LogP contribution is -2.64. The highest BCUT2D eigenvalue weighted by Gasteiger charge is 2.51. The monoisotopic (exact) mass is 423 g/mol. The molecule has 0 spiro atoms. The smallest absolute Gasteiger partial charge is 0.255 e. The van der Waals surface area contributed by atoms with Crippen molar-refractivity contribution in [3.8, 4) is 5.75 Å². The molecule has 4 rings (SSSR count). The Bertz CT molecular complexity index is 895. The number of hydrogen-bond acceptors (Lipinski definition) is 5. The third-order valence-corrected chi connectivity index (χ3v) is 6.38. The molecule has 3 heterocycles. The van der Waals surface area contributed by atoms with Gasteiger partial charge < -0.3 is 19.3 Å². The lowest BCUT2D eigenvalue weighted by atomic mass is 9.86. The Balaban J connectivity index is 1.31. The Morgan fingerprint density at radius 2 is 1.74 bits per heavy atom. The summed E-state index contributed by atoms with van der Waals surface area (Å²) in [5.41, 5.74) is 2.17. The van der Waals surface area contributed by atoms with Crippen LogP contribution in [-0.4, -0.2) is 66.1 Å². The first-order valence-corrected chi connectivity index (χ1v) is 10.8. The van der Waals surface area contributed by atoms with Crippen molar-refractivity contribution in [1.29, 1.82) is 0 Å². The highest BCUT2D eigenvalue weighted by Crippen LogP contribution is 2.40. The summed E-state index contributed by atoms with van der Waals surface area (Å²) in [6.45, 7) is 1.35. The molecule has 31 heavy (non-hydrogen) atoms. The van der Waals surface area contributed by atoms with Gasteiger partial charge in [0.1, 0.15) is 5.75 Å². The van der Waals surface area contributed by atoms with E-state index in [-0.39, 0.29) is 23.9 Å². The molecule has 2 aromatic rings. The van der Waals surface area contributed by atoms with E-state index in [0.29, 0.717) is 25.9 Å². The maximum absolute atomic E-state index is 12.7. The number of aromatic nitrogens is 1. The molecular formula is C24H29N3O4. The van der Waals surface area contributed by atoms with Crippen molar-refractivity contribution in [2.75, 3.05) is 27.3 Å². The molecule has 2 saturated heterocycles. The molecule has 2 aliphatic heterocycles. The van der Waals surface area contributed by atoms with Gasteiger partial charge in [-0.25, -0.2) is 0 Å². The zero-order valence-corrected chi connectivity index (χ0v) is 18.1. The van der Waals surface area contributed by atoms with Gasteiger partial charge in [0.05, 0.1) is 13.2 Å². The van der Waals surface area contributed by atoms with Gasteiger partial charge in [-0.05, 0) is 54.7 Å². The van der Waals surface area contributed by atoms with Crippen LogP contribution in [0.3, 0.4) is 0 Å². The van der Waals surface area contributed by atoms with Crippen LogP contribution >= 0.6 is 0 Å². The highest BCUT2D eigenvalue weighted by molar-refractivity contribution is 5.89. The summed E-state index contributed by atoms with van der Waals surface area (Å²) in [6.07, 6.45) is 5.83. The fourth-order valence-corrected chi connectivity index (χ4v) is 4.61. The molecule has 1 aromatic carbocycles. The van der Waals surface area contributed by atoms with Crippen molar-refractivity contribution in [2.24, 2.45) is 0 Å². The summed E-state index contributed by atoms with van der Waals surface area (Å²) in [6, 6.07) is 11.8. The van der Waals surface area contributed by atoms with Gasteiger partial charge >= 0.3 is 0 Å². The number of pyridine rings is 1. The summed E-state index contributed by atoms with van der Waals surface area (Å²) < 4.78 is 10.6. The number of carbonyl (C=O) groups is 2. The van der Waals surface area contributed by atoms with Crippen molar-refractivity contribution >= 4 is 11.8 Å². The Labute approximate surface area is 183 Å². The maximum atomic E-state index is 12.7. The van der Waals surface area contributed by atoms with Gasteiger partial charge in [-0.15, -0.1) is 0 Å². The van der Waals surface area contributed by atoms with Crippen LogP contribution in [0.15, 0.2) is 48.8 Å². The second-order valence-corrected chi connectivity index (χ2v) is 8.09. The van der Waals surface area contributed by atoms with Gasteiger partial charge in [0.15, 0.2) is 6.10 Å². The second-order valence-electron chi connectivity index (χ2n) is 8.09. The number of likely N-dealkylation sites (tertiary alicyclic amines) is 2. The van der Waals surface area contributed by atoms with Crippen LogP contribution in [0.4, 0.5) is 0 Å². The molecule has 7 heteroatoms. The molecule has 0 bridgehead atoms. The Morgan fingerprint density at radius 3 is 2.35 bits per heavy atom.